The number of benzene rings is 2. The number of hydrogen-bond acceptors (Lipinski definition) is 4. The summed E-state index contributed by atoms with van der Waals surface area (Å²) in [6.45, 7) is 1.86. The smallest absolute Gasteiger partial charge is 0.324 e. The van der Waals surface area contributed by atoms with Crippen molar-refractivity contribution >= 4 is 23.3 Å². The average molecular weight is 460 g/mol. The molecule has 5 rings (SSSR count). The van der Waals surface area contributed by atoms with Crippen LogP contribution < -0.4 is 5.32 Å². The minimum absolute atomic E-state index is 0.238. The average Bonchev–Trinajstić information content (AvgIpc) is 3.52. The lowest BCUT2D eigenvalue weighted by Gasteiger charge is -2.43. The summed E-state index contributed by atoms with van der Waals surface area (Å²) in [4.78, 5) is 28.7. The molecule has 0 unspecified atom stereocenters. The lowest BCUT2D eigenvalue weighted by atomic mass is 9.77. The lowest BCUT2D eigenvalue weighted by Crippen LogP contribution is -2.62. The van der Waals surface area contributed by atoms with Crippen molar-refractivity contribution in [1.82, 2.24) is 10.2 Å². The quantitative estimate of drug-likeness (QED) is 0.561. The van der Waals surface area contributed by atoms with Crippen LogP contribution in [0, 0.1) is 17.1 Å². The van der Waals surface area contributed by atoms with Gasteiger partial charge in [0, 0.05) is 16.8 Å². The van der Waals surface area contributed by atoms with E-state index in [1.165, 1.54) is 48.9 Å². The second-order valence-electron chi connectivity index (χ2n) is 8.91. The van der Waals surface area contributed by atoms with Gasteiger partial charge in [0.05, 0.1) is 23.1 Å². The summed E-state index contributed by atoms with van der Waals surface area (Å²) < 4.78 is 14.0. The van der Waals surface area contributed by atoms with E-state index in [1.807, 2.05) is 37.3 Å². The Balaban J connectivity index is 1.57. The number of halogens is 1. The molecule has 2 atom stereocenters. The highest BCUT2D eigenvalue weighted by Gasteiger charge is 2.50. The topological polar surface area (TPSA) is 73.2 Å². The van der Waals surface area contributed by atoms with E-state index in [9.17, 15) is 19.2 Å². The lowest BCUT2D eigenvalue weighted by molar-refractivity contribution is -0.132. The zero-order chi connectivity index (χ0) is 23.3. The van der Waals surface area contributed by atoms with Gasteiger partial charge in [-0.1, -0.05) is 24.3 Å². The molecule has 2 aliphatic rings. The third-order valence-electron chi connectivity index (χ3n) is 6.57. The Kier molecular flexibility index (Phi) is 5.06. The van der Waals surface area contributed by atoms with Gasteiger partial charge >= 0.3 is 6.03 Å². The molecule has 5 nitrogen and oxygen atoms in total. The first kappa shape index (κ1) is 21.4. The number of urea groups is 1. The summed E-state index contributed by atoms with van der Waals surface area (Å²) in [5.74, 6) is -0.754. The van der Waals surface area contributed by atoms with Crippen molar-refractivity contribution in [1.29, 1.82) is 5.26 Å². The first-order valence-corrected chi connectivity index (χ1v) is 11.6. The molecule has 1 N–H and O–H groups in total. The Labute approximate surface area is 195 Å². The summed E-state index contributed by atoms with van der Waals surface area (Å²) in [6, 6.07) is 17.5. The van der Waals surface area contributed by atoms with Gasteiger partial charge in [-0.05, 0) is 72.7 Å². The molecule has 1 aliphatic carbocycles. The summed E-state index contributed by atoms with van der Waals surface area (Å²) >= 11 is 1.38. The van der Waals surface area contributed by atoms with Crippen LogP contribution in [-0.2, 0) is 10.3 Å². The van der Waals surface area contributed by atoms with Crippen LogP contribution in [0.1, 0.15) is 53.2 Å². The SMILES string of the molecule is CN1C(=O)N[C@](C)(c2ccc(-c3cc(F)cc(C#N)c3)s2)[C@H](c2ccc(C3CC3)cc2)C1=O. The molecule has 33 heavy (non-hydrogen) atoms. The Morgan fingerprint density at radius 1 is 1.09 bits per heavy atom. The normalized spacial score (nSPS) is 22.7. The van der Waals surface area contributed by atoms with Gasteiger partial charge in [0.2, 0.25) is 5.91 Å². The molecule has 1 saturated heterocycles. The van der Waals surface area contributed by atoms with Crippen LogP contribution in [0.25, 0.3) is 10.4 Å². The molecule has 0 bridgehead atoms. The van der Waals surface area contributed by atoms with Crippen LogP contribution in [0.5, 0.6) is 0 Å². The van der Waals surface area contributed by atoms with Crippen LogP contribution in [0.15, 0.2) is 54.6 Å². The number of rotatable bonds is 4. The minimum Gasteiger partial charge on any atom is -0.326 e. The number of nitrogens with zero attached hydrogens (tertiary/aromatic N) is 2. The summed E-state index contributed by atoms with van der Waals surface area (Å²) in [6.07, 6.45) is 2.40. The van der Waals surface area contributed by atoms with Gasteiger partial charge in [-0.3, -0.25) is 9.69 Å². The molecule has 2 fully saturated rings. The van der Waals surface area contributed by atoms with E-state index < -0.39 is 23.3 Å². The zero-order valence-corrected chi connectivity index (χ0v) is 19.1. The van der Waals surface area contributed by atoms with Crippen LogP contribution >= 0.6 is 11.3 Å². The number of thiophene rings is 1. The highest BCUT2D eigenvalue weighted by Crippen LogP contribution is 2.46. The van der Waals surface area contributed by atoms with E-state index >= 15 is 0 Å². The Morgan fingerprint density at radius 2 is 1.79 bits per heavy atom. The van der Waals surface area contributed by atoms with Gasteiger partial charge in [0.1, 0.15) is 5.82 Å². The molecular formula is C26H22FN3O2S. The molecule has 0 radical (unpaired) electrons. The number of carbonyl (C=O) groups is 2. The standard InChI is InChI=1S/C26H22FN3O2S/c1-26(22-10-9-21(33-22)19-11-15(14-28)12-20(27)13-19)23(24(31)30(2)25(32)29-26)18-7-5-17(6-8-18)16-3-4-16/h5-13,16,23H,3-4H2,1-2H3,(H,29,32)/t23-,26-/m1/s1. The molecule has 7 heteroatoms. The molecule has 2 heterocycles. The Hall–Kier alpha value is -3.50. The fourth-order valence-corrected chi connectivity index (χ4v) is 5.67. The molecule has 0 spiro atoms. The van der Waals surface area contributed by atoms with E-state index in [4.69, 9.17) is 0 Å². The maximum Gasteiger partial charge on any atom is 0.324 e. The number of amides is 3. The molecule has 3 aromatic rings. The highest BCUT2D eigenvalue weighted by molar-refractivity contribution is 7.15. The molecule has 1 aromatic heterocycles. The number of carbonyl (C=O) groups excluding carboxylic acids is 2. The van der Waals surface area contributed by atoms with E-state index in [1.54, 1.807) is 6.07 Å². The first-order valence-electron chi connectivity index (χ1n) is 10.8. The second-order valence-corrected chi connectivity index (χ2v) is 9.99. The van der Waals surface area contributed by atoms with Crippen molar-refractivity contribution in [3.63, 3.8) is 0 Å². The van der Waals surface area contributed by atoms with E-state index in [-0.39, 0.29) is 11.5 Å². The van der Waals surface area contributed by atoms with Crippen molar-refractivity contribution in [2.24, 2.45) is 0 Å². The van der Waals surface area contributed by atoms with Crippen LogP contribution in [0.4, 0.5) is 9.18 Å². The molecule has 1 aliphatic heterocycles. The van der Waals surface area contributed by atoms with Crippen molar-refractivity contribution in [2.45, 2.75) is 37.1 Å². The Bertz CT molecular complexity index is 1310. The number of imide groups is 1. The van der Waals surface area contributed by atoms with Crippen LogP contribution in [0.2, 0.25) is 0 Å². The third kappa shape index (κ3) is 3.70. The maximum atomic E-state index is 14.0. The van der Waals surface area contributed by atoms with Crippen LogP contribution in [-0.4, -0.2) is 23.9 Å². The van der Waals surface area contributed by atoms with Gasteiger partial charge in [0.15, 0.2) is 0 Å². The number of nitrogens with one attached hydrogen (secondary N) is 1. The van der Waals surface area contributed by atoms with Gasteiger partial charge in [0.25, 0.3) is 0 Å². The van der Waals surface area contributed by atoms with Crippen LogP contribution in [0.3, 0.4) is 0 Å². The van der Waals surface area contributed by atoms with Crippen molar-refractivity contribution in [3.8, 4) is 16.5 Å². The number of likely N-dealkylation sites (N-methyl/N-ethyl adjacent to an activating group) is 1. The predicted molar refractivity (Wildman–Crippen MR) is 124 cm³/mol. The van der Waals surface area contributed by atoms with Gasteiger partial charge in [-0.2, -0.15) is 5.26 Å². The maximum absolute atomic E-state index is 14.0. The molecule has 2 aromatic carbocycles. The summed E-state index contributed by atoms with van der Waals surface area (Å²) in [5, 5.41) is 12.2. The largest absolute Gasteiger partial charge is 0.326 e. The van der Waals surface area contributed by atoms with Crippen molar-refractivity contribution in [2.75, 3.05) is 7.05 Å². The fourth-order valence-electron chi connectivity index (χ4n) is 4.54. The van der Waals surface area contributed by atoms with E-state index in [0.29, 0.717) is 11.5 Å². The van der Waals surface area contributed by atoms with E-state index in [2.05, 4.69) is 17.4 Å². The highest BCUT2D eigenvalue weighted by atomic mass is 32.1. The number of hydrogen-bond donors (Lipinski definition) is 1. The third-order valence-corrected chi connectivity index (χ3v) is 7.95. The van der Waals surface area contributed by atoms with Gasteiger partial charge in [-0.15, -0.1) is 11.3 Å². The predicted octanol–water partition coefficient (Wildman–Crippen LogP) is 5.48. The molecule has 3 amide bonds. The minimum atomic E-state index is -0.976. The van der Waals surface area contributed by atoms with Crippen molar-refractivity contribution in [3.05, 3.63) is 82.0 Å². The van der Waals surface area contributed by atoms with Gasteiger partial charge < -0.3 is 5.32 Å². The summed E-state index contributed by atoms with van der Waals surface area (Å²) in [7, 11) is 1.48. The van der Waals surface area contributed by atoms with Gasteiger partial charge in [-0.25, -0.2) is 9.18 Å². The Morgan fingerprint density at radius 3 is 2.45 bits per heavy atom. The second kappa shape index (κ2) is 7.82. The van der Waals surface area contributed by atoms with Crippen molar-refractivity contribution < 1.29 is 14.0 Å². The molecule has 166 valence electrons. The molecule has 1 saturated carbocycles. The summed E-state index contributed by atoms with van der Waals surface area (Å²) in [5.41, 5.74) is 1.96. The molecular weight excluding hydrogens is 437 g/mol. The first-order chi connectivity index (χ1) is 15.8. The number of nitriles is 1. The monoisotopic (exact) mass is 459 g/mol. The zero-order valence-electron chi connectivity index (χ0n) is 18.3. The fraction of sp³-hybridized carbons (Fsp3) is 0.269. The van der Waals surface area contributed by atoms with E-state index in [0.717, 1.165) is 20.2 Å².